The van der Waals surface area contributed by atoms with Gasteiger partial charge in [0.1, 0.15) is 0 Å². The van der Waals surface area contributed by atoms with Crippen molar-refractivity contribution < 1.29 is 0 Å². The minimum atomic E-state index is -0.0367. The number of benzene rings is 2. The fraction of sp³-hybridized carbons (Fsp3) is 0.207. The fourth-order valence-corrected chi connectivity index (χ4v) is 4.12. The van der Waals surface area contributed by atoms with Gasteiger partial charge in [0, 0.05) is 18.2 Å². The number of rotatable bonds is 5. The third-order valence-electron chi connectivity index (χ3n) is 6.09. The highest BCUT2D eigenvalue weighted by atomic mass is 15.1. The van der Waals surface area contributed by atoms with Crippen LogP contribution in [0.5, 0.6) is 0 Å². The summed E-state index contributed by atoms with van der Waals surface area (Å²) in [5, 5.41) is 0. The van der Waals surface area contributed by atoms with E-state index in [9.17, 15) is 0 Å². The third-order valence-corrected chi connectivity index (χ3v) is 6.09. The topological polar surface area (TPSA) is 3.24 Å². The molecule has 0 heterocycles. The molecule has 2 aliphatic carbocycles. The van der Waals surface area contributed by atoms with Crippen LogP contribution in [0.1, 0.15) is 31.4 Å². The van der Waals surface area contributed by atoms with Crippen LogP contribution in [0.15, 0.2) is 114 Å². The predicted molar refractivity (Wildman–Crippen MR) is 129 cm³/mol. The van der Waals surface area contributed by atoms with E-state index in [1.807, 2.05) is 0 Å². The second-order valence-corrected chi connectivity index (χ2v) is 8.19. The normalized spacial score (nSPS) is 20.3. The zero-order chi connectivity index (χ0) is 21.0. The van der Waals surface area contributed by atoms with Crippen LogP contribution in [0.25, 0.3) is 5.57 Å². The van der Waals surface area contributed by atoms with E-state index in [1.54, 1.807) is 0 Å². The average molecular weight is 392 g/mol. The number of para-hydroxylation sites is 1. The summed E-state index contributed by atoms with van der Waals surface area (Å²) in [6.45, 7) is 4.53. The molecule has 0 bridgehead atoms. The summed E-state index contributed by atoms with van der Waals surface area (Å²) in [7, 11) is 2.14. The Balaban J connectivity index is 1.83. The Morgan fingerprint density at radius 1 is 0.967 bits per heavy atom. The molecule has 4 rings (SSSR count). The van der Waals surface area contributed by atoms with Gasteiger partial charge in [0.05, 0.1) is 5.70 Å². The maximum Gasteiger partial charge on any atom is 0.0844 e. The number of likely N-dealkylation sites (N-methyl/N-ethyl adjacent to an activating group) is 1. The van der Waals surface area contributed by atoms with Crippen molar-refractivity contribution in [3.8, 4) is 0 Å². The number of allylic oxidation sites excluding steroid dienone is 8. The molecular formula is C29H29N. The molecular weight excluding hydrogens is 362 g/mol. The standard InChI is InChI=1S/C29H29N/c1-4-23-13-9-10-16-28(23)30(3)27-18-17-25(24-14-7-5-8-15-24)21-26(22-27)29(2)19-11-6-12-20-29/h5-17,19,21-22H,4,20H2,1-3H3. The van der Waals surface area contributed by atoms with E-state index >= 15 is 0 Å². The molecule has 1 atom stereocenters. The van der Waals surface area contributed by atoms with Gasteiger partial charge in [-0.15, -0.1) is 0 Å². The zero-order valence-corrected chi connectivity index (χ0v) is 18.1. The van der Waals surface area contributed by atoms with E-state index in [1.165, 1.54) is 28.0 Å². The molecule has 30 heavy (non-hydrogen) atoms. The molecule has 2 aromatic carbocycles. The van der Waals surface area contributed by atoms with Crippen molar-refractivity contribution in [2.45, 2.75) is 26.7 Å². The maximum atomic E-state index is 3.60. The van der Waals surface area contributed by atoms with Crippen LogP contribution in [0.3, 0.4) is 0 Å². The van der Waals surface area contributed by atoms with E-state index in [-0.39, 0.29) is 5.41 Å². The molecule has 0 saturated carbocycles. The molecule has 1 unspecified atom stereocenters. The smallest absolute Gasteiger partial charge is 0.0844 e. The van der Waals surface area contributed by atoms with E-state index in [0.29, 0.717) is 0 Å². The van der Waals surface area contributed by atoms with Crippen LogP contribution in [0.4, 0.5) is 5.69 Å². The van der Waals surface area contributed by atoms with Crippen molar-refractivity contribution in [2.24, 2.45) is 5.41 Å². The SMILES string of the molecule is CCc1ccccc1N(C)C1=C=CC(c2ccccc2)=CC(C2(C)C=CC=CC2)=C1. The summed E-state index contributed by atoms with van der Waals surface area (Å²) in [5.41, 5.74) is 10.9. The van der Waals surface area contributed by atoms with Crippen molar-refractivity contribution in [3.63, 3.8) is 0 Å². The molecule has 0 fully saturated rings. The van der Waals surface area contributed by atoms with Gasteiger partial charge in [0.2, 0.25) is 0 Å². The van der Waals surface area contributed by atoms with Gasteiger partial charge >= 0.3 is 0 Å². The molecule has 0 radical (unpaired) electrons. The van der Waals surface area contributed by atoms with Gasteiger partial charge in [-0.3, -0.25) is 0 Å². The summed E-state index contributed by atoms with van der Waals surface area (Å²) >= 11 is 0. The molecule has 2 aliphatic rings. The molecule has 150 valence electrons. The lowest BCUT2D eigenvalue weighted by atomic mass is 9.75. The van der Waals surface area contributed by atoms with Gasteiger partial charge in [-0.1, -0.05) is 92.4 Å². The largest absolute Gasteiger partial charge is 0.338 e. The minimum absolute atomic E-state index is 0.0367. The maximum absolute atomic E-state index is 3.60. The molecule has 1 nitrogen and oxygen atoms in total. The molecule has 0 amide bonds. The average Bonchev–Trinajstić information content (AvgIpc) is 3.04. The number of nitrogens with zero attached hydrogens (tertiary/aromatic N) is 1. The molecule has 1 heteroatoms. The van der Waals surface area contributed by atoms with Crippen LogP contribution in [-0.2, 0) is 6.42 Å². The summed E-state index contributed by atoms with van der Waals surface area (Å²) in [4.78, 5) is 2.27. The predicted octanol–water partition coefficient (Wildman–Crippen LogP) is 7.27. The zero-order valence-electron chi connectivity index (χ0n) is 18.1. The van der Waals surface area contributed by atoms with Gasteiger partial charge in [-0.25, -0.2) is 0 Å². The summed E-state index contributed by atoms with van der Waals surface area (Å²) < 4.78 is 0. The van der Waals surface area contributed by atoms with Crippen molar-refractivity contribution in [2.75, 3.05) is 11.9 Å². The van der Waals surface area contributed by atoms with Crippen LogP contribution >= 0.6 is 0 Å². The Morgan fingerprint density at radius 2 is 1.73 bits per heavy atom. The van der Waals surface area contributed by atoms with Crippen LogP contribution in [0.2, 0.25) is 0 Å². The Labute approximate surface area is 180 Å². The quantitative estimate of drug-likeness (QED) is 0.484. The Morgan fingerprint density at radius 3 is 2.47 bits per heavy atom. The summed E-state index contributed by atoms with van der Waals surface area (Å²) in [6, 6.07) is 19.2. The first-order chi connectivity index (χ1) is 14.6. The lowest BCUT2D eigenvalue weighted by Gasteiger charge is -2.30. The van der Waals surface area contributed by atoms with Crippen LogP contribution in [-0.4, -0.2) is 7.05 Å². The lowest BCUT2D eigenvalue weighted by Crippen LogP contribution is -2.20. The molecule has 0 spiro atoms. The van der Waals surface area contributed by atoms with E-state index in [4.69, 9.17) is 0 Å². The Hall–Kier alpha value is -3.28. The first kappa shape index (κ1) is 20.0. The van der Waals surface area contributed by atoms with Gasteiger partial charge in [0.15, 0.2) is 0 Å². The highest BCUT2D eigenvalue weighted by molar-refractivity contribution is 5.78. The number of hydrogen-bond donors (Lipinski definition) is 0. The fourth-order valence-electron chi connectivity index (χ4n) is 4.12. The van der Waals surface area contributed by atoms with Gasteiger partial charge in [-0.05, 0) is 59.4 Å². The summed E-state index contributed by atoms with van der Waals surface area (Å²) in [6.07, 6.45) is 17.7. The number of aryl methyl sites for hydroxylation is 1. The van der Waals surface area contributed by atoms with Crippen molar-refractivity contribution >= 4 is 11.3 Å². The molecule has 0 saturated heterocycles. The van der Waals surface area contributed by atoms with Crippen LogP contribution in [0, 0.1) is 5.41 Å². The minimum Gasteiger partial charge on any atom is -0.338 e. The highest BCUT2D eigenvalue weighted by Crippen LogP contribution is 2.40. The monoisotopic (exact) mass is 391 g/mol. The highest BCUT2D eigenvalue weighted by Gasteiger charge is 2.26. The third kappa shape index (κ3) is 4.03. The second-order valence-electron chi connectivity index (χ2n) is 8.19. The van der Waals surface area contributed by atoms with Crippen molar-refractivity contribution in [1.29, 1.82) is 0 Å². The first-order valence-corrected chi connectivity index (χ1v) is 10.7. The Bertz CT molecular complexity index is 1100. The van der Waals surface area contributed by atoms with Gasteiger partial charge in [0.25, 0.3) is 0 Å². The molecule has 0 aromatic heterocycles. The number of anilines is 1. The first-order valence-electron chi connectivity index (χ1n) is 10.7. The molecule has 0 aliphatic heterocycles. The van der Waals surface area contributed by atoms with Gasteiger partial charge in [-0.2, -0.15) is 0 Å². The lowest BCUT2D eigenvalue weighted by molar-refractivity contribution is 0.530. The van der Waals surface area contributed by atoms with Crippen molar-refractivity contribution in [1.82, 2.24) is 0 Å². The molecule has 2 aromatic rings. The van der Waals surface area contributed by atoms with E-state index < -0.39 is 0 Å². The van der Waals surface area contributed by atoms with Crippen LogP contribution < -0.4 is 4.90 Å². The summed E-state index contributed by atoms with van der Waals surface area (Å²) in [5.74, 6) is 0. The van der Waals surface area contributed by atoms with E-state index in [0.717, 1.165) is 18.5 Å². The second kappa shape index (κ2) is 8.61. The van der Waals surface area contributed by atoms with Crippen molar-refractivity contribution in [3.05, 3.63) is 125 Å². The molecule has 0 N–H and O–H groups in total. The number of hydrogen-bond acceptors (Lipinski definition) is 1. The van der Waals surface area contributed by atoms with Gasteiger partial charge < -0.3 is 4.90 Å². The Kier molecular flexibility index (Phi) is 5.74. The van der Waals surface area contributed by atoms with E-state index in [2.05, 4.69) is 129 Å².